The van der Waals surface area contributed by atoms with Crippen LogP contribution in [-0.4, -0.2) is 13.0 Å². The molecule has 0 heterocycles. The van der Waals surface area contributed by atoms with Crippen LogP contribution >= 0.6 is 0 Å². The lowest BCUT2D eigenvalue weighted by atomic mass is 9.85. The van der Waals surface area contributed by atoms with E-state index in [1.807, 2.05) is 24.3 Å². The lowest BCUT2D eigenvalue weighted by Crippen LogP contribution is -2.28. The Bertz CT molecular complexity index is 358. The van der Waals surface area contributed by atoms with Gasteiger partial charge >= 0.3 is 0 Å². The van der Waals surface area contributed by atoms with E-state index in [2.05, 4.69) is 5.32 Å². The number of ether oxygens (including phenoxy) is 1. The van der Waals surface area contributed by atoms with Gasteiger partial charge in [-0.15, -0.1) is 0 Å². The lowest BCUT2D eigenvalue weighted by Gasteiger charge is -2.24. The second-order valence-electron chi connectivity index (χ2n) is 3.82. The maximum absolute atomic E-state index is 11.7. The van der Waals surface area contributed by atoms with Gasteiger partial charge in [0, 0.05) is 5.92 Å². The molecule has 0 atom stereocenters. The van der Waals surface area contributed by atoms with Crippen molar-refractivity contribution in [3.05, 3.63) is 24.3 Å². The lowest BCUT2D eigenvalue weighted by molar-refractivity contribution is -0.122. The van der Waals surface area contributed by atoms with E-state index in [0.29, 0.717) is 5.75 Å². The molecule has 0 spiro atoms. The maximum atomic E-state index is 11.7. The molecule has 1 amide bonds. The molecule has 1 aliphatic rings. The van der Waals surface area contributed by atoms with Crippen molar-refractivity contribution in [1.82, 2.24) is 0 Å². The Morgan fingerprint density at radius 1 is 1.40 bits per heavy atom. The summed E-state index contributed by atoms with van der Waals surface area (Å²) in [6.45, 7) is 0. The molecule has 0 radical (unpaired) electrons. The summed E-state index contributed by atoms with van der Waals surface area (Å²) >= 11 is 0. The third-order valence-electron chi connectivity index (χ3n) is 2.84. The first kappa shape index (κ1) is 10.0. The molecule has 3 nitrogen and oxygen atoms in total. The zero-order valence-electron chi connectivity index (χ0n) is 8.82. The number of hydrogen-bond donors (Lipinski definition) is 1. The minimum absolute atomic E-state index is 0.116. The van der Waals surface area contributed by atoms with Crippen molar-refractivity contribution >= 4 is 11.6 Å². The van der Waals surface area contributed by atoms with Crippen LogP contribution in [0.5, 0.6) is 5.75 Å². The maximum Gasteiger partial charge on any atom is 0.227 e. The van der Waals surface area contributed by atoms with Crippen molar-refractivity contribution in [2.24, 2.45) is 5.92 Å². The Balaban J connectivity index is 2.05. The molecule has 1 saturated carbocycles. The van der Waals surface area contributed by atoms with Gasteiger partial charge in [-0.3, -0.25) is 4.79 Å². The van der Waals surface area contributed by atoms with Crippen LogP contribution in [0.1, 0.15) is 19.3 Å². The number of para-hydroxylation sites is 2. The smallest absolute Gasteiger partial charge is 0.227 e. The monoisotopic (exact) mass is 205 g/mol. The van der Waals surface area contributed by atoms with E-state index in [0.717, 1.165) is 18.5 Å². The molecular formula is C12H15NO2. The summed E-state index contributed by atoms with van der Waals surface area (Å²) in [4.78, 5) is 11.7. The molecule has 1 aromatic carbocycles. The van der Waals surface area contributed by atoms with Crippen molar-refractivity contribution < 1.29 is 9.53 Å². The van der Waals surface area contributed by atoms with E-state index in [-0.39, 0.29) is 11.8 Å². The van der Waals surface area contributed by atoms with Crippen molar-refractivity contribution in [3.63, 3.8) is 0 Å². The van der Waals surface area contributed by atoms with Crippen molar-refractivity contribution in [3.8, 4) is 5.75 Å². The van der Waals surface area contributed by atoms with Crippen LogP contribution in [0.25, 0.3) is 0 Å². The number of carbonyl (C=O) groups excluding carboxylic acids is 1. The molecule has 0 bridgehead atoms. The van der Waals surface area contributed by atoms with Crippen LogP contribution in [-0.2, 0) is 4.79 Å². The summed E-state index contributed by atoms with van der Waals surface area (Å²) in [6, 6.07) is 7.47. The fourth-order valence-corrected chi connectivity index (χ4v) is 1.65. The van der Waals surface area contributed by atoms with Gasteiger partial charge in [0.2, 0.25) is 5.91 Å². The van der Waals surface area contributed by atoms with Gasteiger partial charge in [-0.05, 0) is 25.0 Å². The summed E-state index contributed by atoms with van der Waals surface area (Å²) < 4.78 is 5.16. The van der Waals surface area contributed by atoms with E-state index < -0.39 is 0 Å². The van der Waals surface area contributed by atoms with E-state index in [4.69, 9.17) is 4.74 Å². The van der Waals surface area contributed by atoms with Crippen LogP contribution in [0.2, 0.25) is 0 Å². The second kappa shape index (κ2) is 4.34. The molecule has 2 rings (SSSR count). The van der Waals surface area contributed by atoms with Crippen molar-refractivity contribution in [2.75, 3.05) is 12.4 Å². The molecule has 0 aliphatic heterocycles. The van der Waals surface area contributed by atoms with Gasteiger partial charge < -0.3 is 10.1 Å². The SMILES string of the molecule is COc1ccccc1NC(=O)C1CCC1. The highest BCUT2D eigenvalue weighted by molar-refractivity contribution is 5.94. The van der Waals surface area contributed by atoms with E-state index in [1.165, 1.54) is 6.42 Å². The van der Waals surface area contributed by atoms with Gasteiger partial charge in [0.05, 0.1) is 12.8 Å². The van der Waals surface area contributed by atoms with Gasteiger partial charge in [0.15, 0.2) is 0 Å². The Morgan fingerprint density at radius 2 is 2.13 bits per heavy atom. The Labute approximate surface area is 89.4 Å². The van der Waals surface area contributed by atoms with Crippen LogP contribution < -0.4 is 10.1 Å². The highest BCUT2D eigenvalue weighted by atomic mass is 16.5. The molecule has 0 saturated heterocycles. The summed E-state index contributed by atoms with van der Waals surface area (Å²) in [6.07, 6.45) is 3.20. The Kier molecular flexibility index (Phi) is 2.90. The predicted octanol–water partition coefficient (Wildman–Crippen LogP) is 2.43. The van der Waals surface area contributed by atoms with Crippen LogP contribution in [0, 0.1) is 5.92 Å². The quantitative estimate of drug-likeness (QED) is 0.823. The largest absolute Gasteiger partial charge is 0.495 e. The predicted molar refractivity (Wildman–Crippen MR) is 59.0 cm³/mol. The molecule has 0 unspecified atom stereocenters. The second-order valence-corrected chi connectivity index (χ2v) is 3.82. The first-order valence-corrected chi connectivity index (χ1v) is 5.25. The highest BCUT2D eigenvalue weighted by Gasteiger charge is 2.25. The number of hydrogen-bond acceptors (Lipinski definition) is 2. The third kappa shape index (κ3) is 2.12. The van der Waals surface area contributed by atoms with Gasteiger partial charge in [-0.25, -0.2) is 0 Å². The molecule has 0 aromatic heterocycles. The molecular weight excluding hydrogens is 190 g/mol. The van der Waals surface area contributed by atoms with Crippen LogP contribution in [0.3, 0.4) is 0 Å². The number of nitrogens with one attached hydrogen (secondary N) is 1. The molecule has 15 heavy (non-hydrogen) atoms. The summed E-state index contributed by atoms with van der Waals surface area (Å²) in [7, 11) is 1.61. The zero-order chi connectivity index (χ0) is 10.7. The van der Waals surface area contributed by atoms with Gasteiger partial charge in [0.1, 0.15) is 5.75 Å². The number of rotatable bonds is 3. The van der Waals surface area contributed by atoms with E-state index in [1.54, 1.807) is 7.11 Å². The minimum Gasteiger partial charge on any atom is -0.495 e. The molecule has 80 valence electrons. The number of amides is 1. The topological polar surface area (TPSA) is 38.3 Å². The Morgan fingerprint density at radius 3 is 2.73 bits per heavy atom. The standard InChI is InChI=1S/C12H15NO2/c1-15-11-8-3-2-7-10(11)13-12(14)9-5-4-6-9/h2-3,7-9H,4-6H2,1H3,(H,13,14). The average Bonchev–Trinajstić information content (AvgIpc) is 2.15. The van der Waals surface area contributed by atoms with Crippen LogP contribution in [0.4, 0.5) is 5.69 Å². The first-order chi connectivity index (χ1) is 7.31. The number of carbonyl (C=O) groups is 1. The van der Waals surface area contributed by atoms with Gasteiger partial charge in [-0.2, -0.15) is 0 Å². The average molecular weight is 205 g/mol. The molecule has 1 aliphatic carbocycles. The number of anilines is 1. The van der Waals surface area contributed by atoms with Gasteiger partial charge in [-0.1, -0.05) is 18.6 Å². The highest BCUT2D eigenvalue weighted by Crippen LogP contribution is 2.29. The van der Waals surface area contributed by atoms with E-state index >= 15 is 0 Å². The van der Waals surface area contributed by atoms with Crippen LogP contribution in [0.15, 0.2) is 24.3 Å². The molecule has 3 heteroatoms. The van der Waals surface area contributed by atoms with Crippen molar-refractivity contribution in [2.45, 2.75) is 19.3 Å². The van der Waals surface area contributed by atoms with E-state index in [9.17, 15) is 4.79 Å². The fraction of sp³-hybridized carbons (Fsp3) is 0.417. The summed E-state index contributed by atoms with van der Waals surface area (Å²) in [5, 5.41) is 2.90. The number of benzene rings is 1. The molecule has 1 N–H and O–H groups in total. The summed E-state index contributed by atoms with van der Waals surface area (Å²) in [5.74, 6) is 1.03. The number of methoxy groups -OCH3 is 1. The summed E-state index contributed by atoms with van der Waals surface area (Å²) in [5.41, 5.74) is 0.761. The fourth-order valence-electron chi connectivity index (χ4n) is 1.65. The first-order valence-electron chi connectivity index (χ1n) is 5.25. The third-order valence-corrected chi connectivity index (χ3v) is 2.84. The normalized spacial score (nSPS) is 15.5. The van der Waals surface area contributed by atoms with Gasteiger partial charge in [0.25, 0.3) is 0 Å². The molecule has 1 fully saturated rings. The zero-order valence-corrected chi connectivity index (χ0v) is 8.82. The van der Waals surface area contributed by atoms with Crippen molar-refractivity contribution in [1.29, 1.82) is 0 Å². The Hall–Kier alpha value is -1.51. The molecule has 1 aromatic rings. The minimum atomic E-state index is 0.116.